The molecule has 6 heteroatoms. The highest BCUT2D eigenvalue weighted by Gasteiger charge is 2.38. The Morgan fingerprint density at radius 2 is 1.96 bits per heavy atom. The zero-order chi connectivity index (χ0) is 16.8. The Morgan fingerprint density at radius 1 is 1.29 bits per heavy atom. The van der Waals surface area contributed by atoms with Gasteiger partial charge in [-0.1, -0.05) is 20.3 Å². The molecule has 0 saturated carbocycles. The zero-order valence-corrected chi connectivity index (χ0v) is 16.2. The van der Waals surface area contributed by atoms with E-state index in [-0.39, 0.29) is 36.2 Å². The molecule has 0 bridgehead atoms. The molecule has 0 spiro atoms. The summed E-state index contributed by atoms with van der Waals surface area (Å²) >= 11 is 0. The van der Waals surface area contributed by atoms with Crippen LogP contribution in [0.2, 0.25) is 0 Å². The molecule has 0 aliphatic carbocycles. The van der Waals surface area contributed by atoms with Crippen LogP contribution in [0.3, 0.4) is 0 Å². The van der Waals surface area contributed by atoms with Gasteiger partial charge in [0.05, 0.1) is 5.92 Å². The van der Waals surface area contributed by atoms with Gasteiger partial charge < -0.3 is 15.1 Å². The largest absolute Gasteiger partial charge is 0.342 e. The molecular weight excluding hydrogens is 326 g/mol. The SMILES string of the molecule is CCCC(C)N1CC(C(=O)N2CCC(CNCC)CC2)CC1=O.Cl. The minimum Gasteiger partial charge on any atom is -0.342 e. The van der Waals surface area contributed by atoms with Gasteiger partial charge in [0.1, 0.15) is 0 Å². The Labute approximate surface area is 152 Å². The number of amides is 2. The molecule has 2 aliphatic heterocycles. The summed E-state index contributed by atoms with van der Waals surface area (Å²) in [5.41, 5.74) is 0. The number of hydrogen-bond acceptors (Lipinski definition) is 3. The van der Waals surface area contributed by atoms with Crippen LogP contribution in [-0.2, 0) is 9.59 Å². The van der Waals surface area contributed by atoms with Crippen molar-refractivity contribution in [2.24, 2.45) is 11.8 Å². The maximum atomic E-state index is 12.7. The van der Waals surface area contributed by atoms with Crippen LogP contribution in [0, 0.1) is 11.8 Å². The van der Waals surface area contributed by atoms with Crippen LogP contribution in [0.4, 0.5) is 0 Å². The number of piperidine rings is 1. The standard InChI is InChI=1S/C18H33N3O2.ClH/c1-4-6-14(3)21-13-16(11-17(21)22)18(23)20-9-7-15(8-10-20)12-19-5-2;/h14-16,19H,4-13H2,1-3H3;1H. The van der Waals surface area contributed by atoms with E-state index in [9.17, 15) is 9.59 Å². The Hall–Kier alpha value is -0.810. The lowest BCUT2D eigenvalue weighted by atomic mass is 9.95. The van der Waals surface area contributed by atoms with E-state index in [1.54, 1.807) is 0 Å². The number of rotatable bonds is 7. The van der Waals surface area contributed by atoms with Crippen LogP contribution in [0.1, 0.15) is 52.9 Å². The molecule has 2 unspecified atom stereocenters. The van der Waals surface area contributed by atoms with E-state index in [2.05, 4.69) is 26.1 Å². The molecule has 0 radical (unpaired) electrons. The third kappa shape index (κ3) is 5.35. The maximum Gasteiger partial charge on any atom is 0.227 e. The molecular formula is C18H34ClN3O2. The van der Waals surface area contributed by atoms with Gasteiger partial charge in [-0.15, -0.1) is 12.4 Å². The smallest absolute Gasteiger partial charge is 0.227 e. The van der Waals surface area contributed by atoms with Gasteiger partial charge in [-0.2, -0.15) is 0 Å². The number of carbonyl (C=O) groups excluding carboxylic acids is 2. The maximum absolute atomic E-state index is 12.7. The van der Waals surface area contributed by atoms with Gasteiger partial charge in [-0.25, -0.2) is 0 Å². The number of likely N-dealkylation sites (tertiary alicyclic amines) is 2. The van der Waals surface area contributed by atoms with Crippen LogP contribution in [0.15, 0.2) is 0 Å². The molecule has 24 heavy (non-hydrogen) atoms. The summed E-state index contributed by atoms with van der Waals surface area (Å²) in [7, 11) is 0. The van der Waals surface area contributed by atoms with Crippen molar-refractivity contribution in [1.29, 1.82) is 0 Å². The monoisotopic (exact) mass is 359 g/mol. The second-order valence-corrected chi connectivity index (χ2v) is 7.16. The van der Waals surface area contributed by atoms with Crippen molar-refractivity contribution in [3.63, 3.8) is 0 Å². The summed E-state index contributed by atoms with van der Waals surface area (Å²) in [6.45, 7) is 10.8. The summed E-state index contributed by atoms with van der Waals surface area (Å²) in [6, 6.07) is 0.260. The number of nitrogens with zero attached hydrogens (tertiary/aromatic N) is 2. The molecule has 2 amide bonds. The molecule has 2 saturated heterocycles. The van der Waals surface area contributed by atoms with E-state index in [0.717, 1.165) is 51.9 Å². The summed E-state index contributed by atoms with van der Waals surface area (Å²) in [5, 5.41) is 3.40. The summed E-state index contributed by atoms with van der Waals surface area (Å²) < 4.78 is 0. The van der Waals surface area contributed by atoms with E-state index < -0.39 is 0 Å². The van der Waals surface area contributed by atoms with Crippen LogP contribution < -0.4 is 5.32 Å². The highest BCUT2D eigenvalue weighted by Crippen LogP contribution is 2.26. The molecule has 0 aromatic rings. The van der Waals surface area contributed by atoms with E-state index in [0.29, 0.717) is 18.9 Å². The Balaban J connectivity index is 0.00000288. The average molecular weight is 360 g/mol. The van der Waals surface area contributed by atoms with Gasteiger partial charge in [0.15, 0.2) is 0 Å². The molecule has 2 fully saturated rings. The van der Waals surface area contributed by atoms with Gasteiger partial charge in [-0.05, 0) is 45.2 Å². The Bertz CT molecular complexity index is 411. The van der Waals surface area contributed by atoms with Crippen molar-refractivity contribution >= 4 is 24.2 Å². The van der Waals surface area contributed by atoms with Gasteiger partial charge >= 0.3 is 0 Å². The minimum atomic E-state index is -0.118. The highest BCUT2D eigenvalue weighted by atomic mass is 35.5. The van der Waals surface area contributed by atoms with Crippen LogP contribution >= 0.6 is 12.4 Å². The molecule has 5 nitrogen and oxygen atoms in total. The third-order valence-corrected chi connectivity index (χ3v) is 5.36. The first-order valence-electron chi connectivity index (χ1n) is 9.35. The number of hydrogen-bond donors (Lipinski definition) is 1. The fraction of sp³-hybridized carbons (Fsp3) is 0.889. The first-order valence-corrected chi connectivity index (χ1v) is 9.35. The Kier molecular flexibility index (Phi) is 9.06. The zero-order valence-electron chi connectivity index (χ0n) is 15.4. The van der Waals surface area contributed by atoms with Crippen LogP contribution in [0.25, 0.3) is 0 Å². The van der Waals surface area contributed by atoms with E-state index in [1.165, 1.54) is 0 Å². The quantitative estimate of drug-likeness (QED) is 0.758. The predicted octanol–water partition coefficient (Wildman–Crippen LogP) is 2.29. The van der Waals surface area contributed by atoms with E-state index in [4.69, 9.17) is 0 Å². The lowest BCUT2D eigenvalue weighted by molar-refractivity contribution is -0.137. The highest BCUT2D eigenvalue weighted by molar-refractivity contribution is 5.89. The average Bonchev–Trinajstić information content (AvgIpc) is 2.95. The van der Waals surface area contributed by atoms with Crippen LogP contribution in [0.5, 0.6) is 0 Å². The number of carbonyl (C=O) groups is 2. The molecule has 140 valence electrons. The first kappa shape index (κ1) is 21.2. The van der Waals surface area contributed by atoms with Crippen molar-refractivity contribution in [2.45, 2.75) is 58.9 Å². The summed E-state index contributed by atoms with van der Waals surface area (Å²) in [4.78, 5) is 28.8. The molecule has 0 aromatic carbocycles. The lowest BCUT2D eigenvalue weighted by Crippen LogP contribution is -2.44. The second-order valence-electron chi connectivity index (χ2n) is 7.16. The normalized spacial score (nSPS) is 23.3. The third-order valence-electron chi connectivity index (χ3n) is 5.36. The molecule has 2 rings (SSSR count). The number of nitrogens with one attached hydrogen (secondary N) is 1. The molecule has 2 aliphatic rings. The van der Waals surface area contributed by atoms with E-state index in [1.807, 2.05) is 9.80 Å². The van der Waals surface area contributed by atoms with Gasteiger partial charge in [0, 0.05) is 32.1 Å². The van der Waals surface area contributed by atoms with E-state index >= 15 is 0 Å². The van der Waals surface area contributed by atoms with Gasteiger partial charge in [-0.3, -0.25) is 9.59 Å². The second kappa shape index (κ2) is 10.2. The fourth-order valence-electron chi connectivity index (χ4n) is 3.86. The van der Waals surface area contributed by atoms with Gasteiger partial charge in [0.2, 0.25) is 11.8 Å². The Morgan fingerprint density at radius 3 is 2.54 bits per heavy atom. The lowest BCUT2D eigenvalue weighted by Gasteiger charge is -2.33. The summed E-state index contributed by atoms with van der Waals surface area (Å²) in [5.74, 6) is 0.926. The number of halogens is 1. The van der Waals surface area contributed by atoms with Gasteiger partial charge in [0.25, 0.3) is 0 Å². The molecule has 2 heterocycles. The fourth-order valence-corrected chi connectivity index (χ4v) is 3.86. The van der Waals surface area contributed by atoms with Crippen LogP contribution in [-0.4, -0.2) is 60.4 Å². The topological polar surface area (TPSA) is 52.7 Å². The predicted molar refractivity (Wildman–Crippen MR) is 99.3 cm³/mol. The van der Waals surface area contributed by atoms with Crippen molar-refractivity contribution in [3.05, 3.63) is 0 Å². The van der Waals surface area contributed by atoms with Crippen molar-refractivity contribution in [1.82, 2.24) is 15.1 Å². The van der Waals surface area contributed by atoms with Crippen molar-refractivity contribution in [2.75, 3.05) is 32.7 Å². The minimum absolute atomic E-state index is 0. The molecule has 2 atom stereocenters. The first-order chi connectivity index (χ1) is 11.1. The summed E-state index contributed by atoms with van der Waals surface area (Å²) in [6.07, 6.45) is 4.65. The van der Waals surface area contributed by atoms with Crippen molar-refractivity contribution < 1.29 is 9.59 Å². The molecule has 0 aromatic heterocycles. The molecule has 1 N–H and O–H groups in total. The van der Waals surface area contributed by atoms with Crippen molar-refractivity contribution in [3.8, 4) is 0 Å².